The first-order valence-corrected chi connectivity index (χ1v) is 6.30. The Kier molecular flexibility index (Phi) is 3.58. The summed E-state index contributed by atoms with van der Waals surface area (Å²) in [5, 5.41) is 13.2. The van der Waals surface area contributed by atoms with Gasteiger partial charge in [-0.1, -0.05) is 0 Å². The largest absolute Gasteiger partial charge is 0.480 e. The first-order chi connectivity index (χ1) is 7.68. The van der Waals surface area contributed by atoms with Gasteiger partial charge in [-0.15, -0.1) is 0 Å². The van der Waals surface area contributed by atoms with Crippen molar-refractivity contribution in [3.8, 4) is 0 Å². The first-order valence-electron chi connectivity index (χ1n) is 5.36. The van der Waals surface area contributed by atoms with E-state index >= 15 is 0 Å². The molecule has 0 bridgehead atoms. The summed E-state index contributed by atoms with van der Waals surface area (Å²) in [6, 6.07) is 1.43. The van der Waals surface area contributed by atoms with Gasteiger partial charge in [0.15, 0.2) is 0 Å². The number of nitrogens with zero attached hydrogens (tertiary/aromatic N) is 2. The van der Waals surface area contributed by atoms with E-state index in [2.05, 4.69) is 11.9 Å². The van der Waals surface area contributed by atoms with Crippen molar-refractivity contribution in [1.82, 2.24) is 9.80 Å². The average Bonchev–Trinajstić information content (AvgIpc) is 2.74. The Morgan fingerprint density at radius 2 is 2.12 bits per heavy atom. The molecule has 0 spiro atoms. The zero-order valence-electron chi connectivity index (χ0n) is 9.30. The summed E-state index contributed by atoms with van der Waals surface area (Å²) in [5.74, 6) is -0.747. The molecule has 0 saturated carbocycles. The van der Waals surface area contributed by atoms with E-state index in [1.165, 1.54) is 0 Å². The maximum absolute atomic E-state index is 11.3. The van der Waals surface area contributed by atoms with Crippen molar-refractivity contribution in [1.29, 1.82) is 0 Å². The van der Waals surface area contributed by atoms with Crippen LogP contribution in [0.2, 0.25) is 0 Å². The van der Waals surface area contributed by atoms with Gasteiger partial charge in [0, 0.05) is 26.2 Å². The van der Waals surface area contributed by atoms with Crippen molar-refractivity contribution in [3.63, 3.8) is 0 Å². The van der Waals surface area contributed by atoms with Crippen molar-refractivity contribution in [2.24, 2.45) is 0 Å². The molecule has 1 atom stereocenters. The third-order valence-electron chi connectivity index (χ3n) is 3.00. The van der Waals surface area contributed by atoms with Crippen molar-refractivity contribution >= 4 is 17.3 Å². The molecule has 88 valence electrons. The summed E-state index contributed by atoms with van der Waals surface area (Å²) in [5.41, 5.74) is 0.905. The number of thiophene rings is 1. The quantitative estimate of drug-likeness (QED) is 0.860. The lowest BCUT2D eigenvalue weighted by Crippen LogP contribution is -2.47. The van der Waals surface area contributed by atoms with E-state index in [0.29, 0.717) is 0 Å². The fourth-order valence-corrected chi connectivity index (χ4v) is 2.70. The molecule has 16 heavy (non-hydrogen) atoms. The van der Waals surface area contributed by atoms with Gasteiger partial charge in [0.1, 0.15) is 6.04 Å². The minimum atomic E-state index is -0.747. The molecule has 1 aliphatic rings. The highest BCUT2D eigenvalue weighted by Gasteiger charge is 2.29. The summed E-state index contributed by atoms with van der Waals surface area (Å²) >= 11 is 1.55. The zero-order valence-corrected chi connectivity index (χ0v) is 10.1. The van der Waals surface area contributed by atoms with Crippen LogP contribution >= 0.6 is 11.3 Å². The van der Waals surface area contributed by atoms with Crippen molar-refractivity contribution in [2.45, 2.75) is 6.04 Å². The molecule has 0 aromatic carbocycles. The van der Waals surface area contributed by atoms with Crippen LogP contribution in [0, 0.1) is 0 Å². The summed E-state index contributed by atoms with van der Waals surface area (Å²) in [6.07, 6.45) is 0. The number of likely N-dealkylation sites (N-methyl/N-ethyl adjacent to an activating group) is 1. The highest BCUT2D eigenvalue weighted by molar-refractivity contribution is 7.08. The van der Waals surface area contributed by atoms with Crippen LogP contribution < -0.4 is 0 Å². The Morgan fingerprint density at radius 1 is 1.44 bits per heavy atom. The Bertz CT molecular complexity index is 345. The highest BCUT2D eigenvalue weighted by atomic mass is 32.1. The molecule has 1 N–H and O–H groups in total. The maximum atomic E-state index is 11.3. The van der Waals surface area contributed by atoms with Crippen LogP contribution in [0.25, 0.3) is 0 Å². The third kappa shape index (κ3) is 2.42. The minimum Gasteiger partial charge on any atom is -0.480 e. The fraction of sp³-hybridized carbons (Fsp3) is 0.545. The van der Waals surface area contributed by atoms with Gasteiger partial charge in [0.05, 0.1) is 0 Å². The number of piperazine rings is 1. The van der Waals surface area contributed by atoms with Gasteiger partial charge >= 0.3 is 5.97 Å². The van der Waals surface area contributed by atoms with E-state index in [9.17, 15) is 9.90 Å². The van der Waals surface area contributed by atoms with E-state index < -0.39 is 12.0 Å². The van der Waals surface area contributed by atoms with E-state index in [4.69, 9.17) is 0 Å². The van der Waals surface area contributed by atoms with Gasteiger partial charge in [0.2, 0.25) is 0 Å². The van der Waals surface area contributed by atoms with Gasteiger partial charge in [0.25, 0.3) is 0 Å². The van der Waals surface area contributed by atoms with Gasteiger partial charge in [-0.2, -0.15) is 11.3 Å². The molecule has 0 amide bonds. The van der Waals surface area contributed by atoms with Gasteiger partial charge < -0.3 is 10.0 Å². The highest BCUT2D eigenvalue weighted by Crippen LogP contribution is 2.24. The minimum absolute atomic E-state index is 0.472. The van der Waals surface area contributed by atoms with Crippen LogP contribution in [-0.2, 0) is 4.79 Å². The zero-order chi connectivity index (χ0) is 11.5. The predicted molar refractivity (Wildman–Crippen MR) is 63.8 cm³/mol. The van der Waals surface area contributed by atoms with Crippen LogP contribution in [0.4, 0.5) is 0 Å². The van der Waals surface area contributed by atoms with Crippen molar-refractivity contribution in [2.75, 3.05) is 33.2 Å². The monoisotopic (exact) mass is 240 g/mol. The molecular weight excluding hydrogens is 224 g/mol. The molecular formula is C11H16N2O2S. The molecule has 1 aromatic rings. The number of hydrogen-bond acceptors (Lipinski definition) is 4. The lowest BCUT2D eigenvalue weighted by atomic mass is 10.1. The Labute approximate surface area is 99.1 Å². The van der Waals surface area contributed by atoms with Crippen molar-refractivity contribution < 1.29 is 9.90 Å². The van der Waals surface area contributed by atoms with Crippen LogP contribution in [0.3, 0.4) is 0 Å². The fourth-order valence-electron chi connectivity index (χ4n) is 2.02. The summed E-state index contributed by atoms with van der Waals surface area (Å²) in [4.78, 5) is 15.6. The topological polar surface area (TPSA) is 43.8 Å². The molecule has 1 aliphatic heterocycles. The van der Waals surface area contributed by atoms with Crippen LogP contribution in [0.1, 0.15) is 11.6 Å². The van der Waals surface area contributed by atoms with Gasteiger partial charge in [-0.25, -0.2) is 0 Å². The predicted octanol–water partition coefficient (Wildman–Crippen LogP) is 1.12. The Morgan fingerprint density at radius 3 is 2.62 bits per heavy atom. The van der Waals surface area contributed by atoms with E-state index in [1.54, 1.807) is 11.3 Å². The standard InChI is InChI=1S/C11H16N2O2S/c1-12-3-5-13(6-4-12)10(11(14)15)9-2-7-16-8-9/h2,7-8,10H,3-6H2,1H3,(H,14,15). The normalized spacial score (nSPS) is 20.8. The lowest BCUT2D eigenvalue weighted by Gasteiger charge is -2.35. The third-order valence-corrected chi connectivity index (χ3v) is 3.70. The molecule has 1 unspecified atom stereocenters. The molecule has 1 saturated heterocycles. The molecule has 0 aliphatic carbocycles. The molecule has 2 heterocycles. The number of hydrogen-bond donors (Lipinski definition) is 1. The smallest absolute Gasteiger partial charge is 0.325 e. The summed E-state index contributed by atoms with van der Waals surface area (Å²) in [6.45, 7) is 3.52. The molecule has 1 aromatic heterocycles. The second-order valence-electron chi connectivity index (χ2n) is 4.14. The molecule has 0 radical (unpaired) electrons. The van der Waals surface area contributed by atoms with E-state index in [0.717, 1.165) is 31.7 Å². The van der Waals surface area contributed by atoms with Crippen LogP contribution in [0.5, 0.6) is 0 Å². The second kappa shape index (κ2) is 4.95. The number of carbonyl (C=O) groups is 1. The van der Waals surface area contributed by atoms with Crippen LogP contribution in [-0.4, -0.2) is 54.1 Å². The van der Waals surface area contributed by atoms with Crippen LogP contribution in [0.15, 0.2) is 16.8 Å². The van der Waals surface area contributed by atoms with E-state index in [-0.39, 0.29) is 0 Å². The molecule has 5 heteroatoms. The average molecular weight is 240 g/mol. The number of aliphatic carboxylic acids is 1. The number of carboxylic acid groups (broad SMARTS) is 1. The maximum Gasteiger partial charge on any atom is 0.325 e. The van der Waals surface area contributed by atoms with Gasteiger partial charge in [-0.3, -0.25) is 9.69 Å². The van der Waals surface area contributed by atoms with Crippen molar-refractivity contribution in [3.05, 3.63) is 22.4 Å². The molecule has 4 nitrogen and oxygen atoms in total. The Hall–Kier alpha value is -0.910. The lowest BCUT2D eigenvalue weighted by molar-refractivity contribution is -0.144. The molecule has 1 fully saturated rings. The Balaban J connectivity index is 2.11. The number of rotatable bonds is 3. The second-order valence-corrected chi connectivity index (χ2v) is 4.92. The van der Waals surface area contributed by atoms with Gasteiger partial charge in [-0.05, 0) is 29.4 Å². The first kappa shape index (κ1) is 11.6. The van der Waals surface area contributed by atoms with E-state index in [1.807, 2.05) is 21.7 Å². The number of carboxylic acids is 1. The summed E-state index contributed by atoms with van der Waals surface area (Å²) < 4.78 is 0. The summed E-state index contributed by atoms with van der Waals surface area (Å²) in [7, 11) is 2.07. The SMILES string of the molecule is CN1CCN(C(C(=O)O)c2ccsc2)CC1. The molecule has 2 rings (SSSR count).